The van der Waals surface area contributed by atoms with Crippen molar-refractivity contribution in [2.24, 2.45) is 0 Å². The molecule has 0 bridgehead atoms. The molecule has 0 amide bonds. The van der Waals surface area contributed by atoms with Crippen LogP contribution in [0, 0.1) is 5.82 Å². The van der Waals surface area contributed by atoms with E-state index in [0.29, 0.717) is 0 Å². The number of halogens is 1. The summed E-state index contributed by atoms with van der Waals surface area (Å²) in [5.41, 5.74) is 1.83. The highest BCUT2D eigenvalue weighted by atomic mass is 19.1. The molecule has 1 unspecified atom stereocenters. The molecule has 0 fully saturated rings. The Bertz CT molecular complexity index is 496. The minimum absolute atomic E-state index is 0.0588. The summed E-state index contributed by atoms with van der Waals surface area (Å²) >= 11 is 0. The smallest absolute Gasteiger partial charge is 0.141 e. The average Bonchev–Trinajstić information content (AvgIpc) is 2.42. The highest BCUT2D eigenvalue weighted by Gasteiger charge is 2.13. The number of pyridine rings is 1. The molecule has 1 heterocycles. The first-order valence-corrected chi connectivity index (χ1v) is 5.67. The molecule has 4 heteroatoms. The van der Waals surface area contributed by atoms with Crippen molar-refractivity contribution in [2.45, 2.75) is 6.04 Å². The highest BCUT2D eigenvalue weighted by Crippen LogP contribution is 2.22. The monoisotopic (exact) mass is 246 g/mol. The van der Waals surface area contributed by atoms with Crippen LogP contribution in [0.3, 0.4) is 0 Å². The normalized spacial score (nSPS) is 12.2. The van der Waals surface area contributed by atoms with Gasteiger partial charge >= 0.3 is 0 Å². The summed E-state index contributed by atoms with van der Waals surface area (Å²) in [4.78, 5) is 4.10. The molecular formula is C14H15FN2O. The molecule has 0 saturated carbocycles. The first-order chi connectivity index (χ1) is 8.74. The van der Waals surface area contributed by atoms with E-state index < -0.39 is 0 Å². The van der Waals surface area contributed by atoms with Gasteiger partial charge in [0.1, 0.15) is 11.6 Å². The Kier molecular flexibility index (Phi) is 3.89. The Morgan fingerprint density at radius 2 is 1.89 bits per heavy atom. The van der Waals surface area contributed by atoms with Crippen molar-refractivity contribution in [3.63, 3.8) is 0 Å². The second-order valence-electron chi connectivity index (χ2n) is 3.90. The van der Waals surface area contributed by atoms with Gasteiger partial charge in [0.2, 0.25) is 0 Å². The first-order valence-electron chi connectivity index (χ1n) is 5.67. The van der Waals surface area contributed by atoms with Crippen molar-refractivity contribution in [1.82, 2.24) is 10.3 Å². The zero-order valence-corrected chi connectivity index (χ0v) is 10.4. The number of aromatic nitrogens is 1. The Hall–Kier alpha value is -1.94. The molecule has 1 aromatic heterocycles. The summed E-state index contributed by atoms with van der Waals surface area (Å²) in [7, 11) is 3.48. The van der Waals surface area contributed by atoms with Gasteiger partial charge in [0.05, 0.1) is 25.0 Å². The lowest BCUT2D eigenvalue weighted by Crippen LogP contribution is -2.18. The van der Waals surface area contributed by atoms with E-state index in [2.05, 4.69) is 10.3 Å². The zero-order valence-electron chi connectivity index (χ0n) is 10.4. The number of methoxy groups -OCH3 is 1. The van der Waals surface area contributed by atoms with Gasteiger partial charge in [-0.1, -0.05) is 12.1 Å². The number of benzene rings is 1. The van der Waals surface area contributed by atoms with Crippen molar-refractivity contribution in [3.05, 3.63) is 59.7 Å². The van der Waals surface area contributed by atoms with Crippen molar-refractivity contribution < 1.29 is 9.13 Å². The fourth-order valence-electron chi connectivity index (χ4n) is 1.84. The fraction of sp³-hybridized carbons (Fsp3) is 0.214. The Morgan fingerprint density at radius 1 is 1.17 bits per heavy atom. The van der Waals surface area contributed by atoms with Gasteiger partial charge in [-0.25, -0.2) is 4.39 Å². The molecule has 0 aliphatic rings. The van der Waals surface area contributed by atoms with Crippen LogP contribution in [-0.2, 0) is 0 Å². The van der Waals surface area contributed by atoms with Gasteiger partial charge < -0.3 is 10.1 Å². The standard InChI is InChI=1S/C14H15FN2O/c1-16-14(13-8-5-11(15)9-17-13)10-3-6-12(18-2)7-4-10/h3-9,14,16H,1-2H3. The number of nitrogens with one attached hydrogen (secondary N) is 1. The molecule has 1 aromatic carbocycles. The predicted octanol–water partition coefficient (Wildman–Crippen LogP) is 2.54. The van der Waals surface area contributed by atoms with E-state index in [4.69, 9.17) is 4.74 Å². The summed E-state index contributed by atoms with van der Waals surface area (Å²) in [6, 6.07) is 10.7. The molecule has 0 aliphatic heterocycles. The number of hydrogen-bond donors (Lipinski definition) is 1. The maximum Gasteiger partial charge on any atom is 0.141 e. The van der Waals surface area contributed by atoms with Crippen LogP contribution in [0.5, 0.6) is 5.75 Å². The van der Waals surface area contributed by atoms with E-state index in [1.165, 1.54) is 12.3 Å². The molecule has 0 saturated heterocycles. The molecule has 0 radical (unpaired) electrons. The Labute approximate surface area is 106 Å². The van der Waals surface area contributed by atoms with Crippen molar-refractivity contribution in [3.8, 4) is 5.75 Å². The molecular weight excluding hydrogens is 231 g/mol. The van der Waals surface area contributed by atoms with E-state index in [9.17, 15) is 4.39 Å². The van der Waals surface area contributed by atoms with Gasteiger partial charge in [0.15, 0.2) is 0 Å². The van der Waals surface area contributed by atoms with Crippen molar-refractivity contribution in [1.29, 1.82) is 0 Å². The van der Waals surface area contributed by atoms with Gasteiger partial charge in [0, 0.05) is 0 Å². The van der Waals surface area contributed by atoms with E-state index >= 15 is 0 Å². The highest BCUT2D eigenvalue weighted by molar-refractivity contribution is 5.33. The van der Waals surface area contributed by atoms with E-state index in [1.54, 1.807) is 13.2 Å². The molecule has 0 aliphatic carbocycles. The molecule has 18 heavy (non-hydrogen) atoms. The third-order valence-electron chi connectivity index (χ3n) is 2.78. The topological polar surface area (TPSA) is 34.1 Å². The lowest BCUT2D eigenvalue weighted by Gasteiger charge is -2.16. The summed E-state index contributed by atoms with van der Waals surface area (Å²) < 4.78 is 18.0. The van der Waals surface area contributed by atoms with E-state index in [-0.39, 0.29) is 11.9 Å². The van der Waals surface area contributed by atoms with Gasteiger partial charge in [-0.05, 0) is 36.9 Å². The van der Waals surface area contributed by atoms with Crippen LogP contribution in [0.25, 0.3) is 0 Å². The molecule has 2 rings (SSSR count). The van der Waals surface area contributed by atoms with Gasteiger partial charge in [-0.15, -0.1) is 0 Å². The second-order valence-corrected chi connectivity index (χ2v) is 3.90. The lowest BCUT2D eigenvalue weighted by atomic mass is 10.0. The third kappa shape index (κ3) is 2.65. The van der Waals surface area contributed by atoms with E-state index in [1.807, 2.05) is 31.3 Å². The summed E-state index contributed by atoms with van der Waals surface area (Å²) in [6.45, 7) is 0. The van der Waals surface area contributed by atoms with Crippen LogP contribution in [0.2, 0.25) is 0 Å². The Balaban J connectivity index is 2.29. The number of hydrogen-bond acceptors (Lipinski definition) is 3. The fourth-order valence-corrected chi connectivity index (χ4v) is 1.84. The van der Waals surface area contributed by atoms with Crippen LogP contribution in [0.4, 0.5) is 4.39 Å². The number of ether oxygens (including phenoxy) is 1. The zero-order chi connectivity index (χ0) is 13.0. The minimum atomic E-state index is -0.330. The van der Waals surface area contributed by atoms with Crippen LogP contribution in [0.1, 0.15) is 17.3 Å². The van der Waals surface area contributed by atoms with Gasteiger partial charge in [-0.2, -0.15) is 0 Å². The summed E-state index contributed by atoms with van der Waals surface area (Å²) in [6.07, 6.45) is 1.23. The van der Waals surface area contributed by atoms with Gasteiger partial charge in [0.25, 0.3) is 0 Å². The molecule has 1 N–H and O–H groups in total. The first kappa shape index (κ1) is 12.5. The van der Waals surface area contributed by atoms with Crippen molar-refractivity contribution in [2.75, 3.05) is 14.2 Å². The van der Waals surface area contributed by atoms with E-state index in [0.717, 1.165) is 17.0 Å². The molecule has 0 spiro atoms. The molecule has 1 atom stereocenters. The van der Waals surface area contributed by atoms with Crippen molar-refractivity contribution >= 4 is 0 Å². The molecule has 94 valence electrons. The minimum Gasteiger partial charge on any atom is -0.497 e. The quantitative estimate of drug-likeness (QED) is 0.900. The van der Waals surface area contributed by atoms with Crippen LogP contribution in [-0.4, -0.2) is 19.1 Å². The molecule has 2 aromatic rings. The lowest BCUT2D eigenvalue weighted by molar-refractivity contribution is 0.414. The second kappa shape index (κ2) is 5.60. The SMILES string of the molecule is CNC(c1ccc(OC)cc1)c1ccc(F)cn1. The largest absolute Gasteiger partial charge is 0.497 e. The third-order valence-corrected chi connectivity index (χ3v) is 2.78. The van der Waals surface area contributed by atoms with Crippen LogP contribution < -0.4 is 10.1 Å². The Morgan fingerprint density at radius 3 is 2.39 bits per heavy atom. The summed E-state index contributed by atoms with van der Waals surface area (Å²) in [5, 5.41) is 3.17. The summed E-state index contributed by atoms with van der Waals surface area (Å²) in [5.74, 6) is 0.476. The van der Waals surface area contributed by atoms with Gasteiger partial charge in [-0.3, -0.25) is 4.98 Å². The predicted molar refractivity (Wildman–Crippen MR) is 68.1 cm³/mol. The average molecular weight is 246 g/mol. The van der Waals surface area contributed by atoms with Crippen LogP contribution in [0.15, 0.2) is 42.6 Å². The molecule has 3 nitrogen and oxygen atoms in total. The maximum absolute atomic E-state index is 12.9. The number of nitrogens with zero attached hydrogens (tertiary/aromatic N) is 1. The number of rotatable bonds is 4. The van der Waals surface area contributed by atoms with Crippen LogP contribution >= 0.6 is 0 Å². The maximum atomic E-state index is 12.9.